The van der Waals surface area contributed by atoms with Crippen LogP contribution in [0.1, 0.15) is 18.7 Å². The van der Waals surface area contributed by atoms with Crippen LogP contribution in [-0.4, -0.2) is 9.55 Å². The normalized spacial score (nSPS) is 12.8. The van der Waals surface area contributed by atoms with Crippen LogP contribution in [-0.2, 0) is 0 Å². The van der Waals surface area contributed by atoms with Gasteiger partial charge in [0.15, 0.2) is 0 Å². The SMILES string of the molecule is C[C@H](N)c1cncn1-c1cc(Cl)ccc1Cl. The average molecular weight is 256 g/mol. The first-order chi connectivity index (χ1) is 7.59. The predicted octanol–water partition coefficient (Wildman–Crippen LogP) is 3.20. The van der Waals surface area contributed by atoms with Gasteiger partial charge < -0.3 is 10.3 Å². The Morgan fingerprint density at radius 2 is 2.12 bits per heavy atom. The summed E-state index contributed by atoms with van der Waals surface area (Å²) in [5.41, 5.74) is 7.53. The first-order valence-corrected chi connectivity index (χ1v) is 5.58. The highest BCUT2D eigenvalue weighted by Gasteiger charge is 2.11. The Kier molecular flexibility index (Phi) is 3.19. The maximum absolute atomic E-state index is 6.12. The van der Waals surface area contributed by atoms with Crippen molar-refractivity contribution in [3.63, 3.8) is 0 Å². The molecular formula is C11H11Cl2N3. The van der Waals surface area contributed by atoms with Crippen molar-refractivity contribution in [3.05, 3.63) is 46.5 Å². The van der Waals surface area contributed by atoms with E-state index in [1.54, 1.807) is 30.7 Å². The second-order valence-electron chi connectivity index (χ2n) is 3.57. The van der Waals surface area contributed by atoms with Gasteiger partial charge in [-0.25, -0.2) is 4.98 Å². The molecule has 5 heteroatoms. The first-order valence-electron chi connectivity index (χ1n) is 4.83. The summed E-state index contributed by atoms with van der Waals surface area (Å²) < 4.78 is 1.85. The number of hydrogen-bond acceptors (Lipinski definition) is 2. The van der Waals surface area contributed by atoms with Crippen LogP contribution in [0.5, 0.6) is 0 Å². The van der Waals surface area contributed by atoms with E-state index in [0.29, 0.717) is 10.0 Å². The van der Waals surface area contributed by atoms with Crippen LogP contribution in [0.4, 0.5) is 0 Å². The molecule has 2 rings (SSSR count). The highest BCUT2D eigenvalue weighted by molar-refractivity contribution is 6.34. The van der Waals surface area contributed by atoms with Gasteiger partial charge in [-0.2, -0.15) is 0 Å². The van der Waals surface area contributed by atoms with Crippen LogP contribution in [0, 0.1) is 0 Å². The Morgan fingerprint density at radius 1 is 1.38 bits per heavy atom. The van der Waals surface area contributed by atoms with Gasteiger partial charge in [0, 0.05) is 11.1 Å². The van der Waals surface area contributed by atoms with Crippen LogP contribution >= 0.6 is 23.2 Å². The second kappa shape index (κ2) is 4.45. The third kappa shape index (κ3) is 2.07. The third-order valence-corrected chi connectivity index (χ3v) is 2.86. The zero-order valence-corrected chi connectivity index (χ0v) is 10.2. The van der Waals surface area contributed by atoms with E-state index in [2.05, 4.69) is 4.98 Å². The molecule has 0 unspecified atom stereocenters. The second-order valence-corrected chi connectivity index (χ2v) is 4.42. The van der Waals surface area contributed by atoms with Gasteiger partial charge in [-0.05, 0) is 25.1 Å². The molecule has 0 aliphatic carbocycles. The molecule has 3 nitrogen and oxygen atoms in total. The number of hydrogen-bond donors (Lipinski definition) is 1. The number of benzene rings is 1. The van der Waals surface area contributed by atoms with Gasteiger partial charge in [-0.1, -0.05) is 23.2 Å². The maximum atomic E-state index is 6.12. The lowest BCUT2D eigenvalue weighted by Crippen LogP contribution is -2.10. The lowest BCUT2D eigenvalue weighted by molar-refractivity contribution is 0.752. The summed E-state index contributed by atoms with van der Waals surface area (Å²) in [7, 11) is 0. The van der Waals surface area contributed by atoms with Gasteiger partial charge in [-0.15, -0.1) is 0 Å². The van der Waals surface area contributed by atoms with Crippen molar-refractivity contribution >= 4 is 23.2 Å². The van der Waals surface area contributed by atoms with Crippen LogP contribution < -0.4 is 5.73 Å². The standard InChI is InChI=1S/C11H11Cl2N3/c1-7(14)11-5-15-6-16(11)10-4-8(12)2-3-9(10)13/h2-7H,14H2,1H3/t7-/m0/s1. The molecule has 0 spiro atoms. The lowest BCUT2D eigenvalue weighted by Gasteiger charge is -2.12. The highest BCUT2D eigenvalue weighted by atomic mass is 35.5. The van der Waals surface area contributed by atoms with Crippen LogP contribution in [0.25, 0.3) is 5.69 Å². The van der Waals surface area contributed by atoms with Crippen LogP contribution in [0.15, 0.2) is 30.7 Å². The molecule has 1 aromatic carbocycles. The third-order valence-electron chi connectivity index (χ3n) is 2.30. The highest BCUT2D eigenvalue weighted by Crippen LogP contribution is 2.26. The summed E-state index contributed by atoms with van der Waals surface area (Å²) in [5, 5.41) is 1.24. The number of nitrogens with zero attached hydrogens (tertiary/aromatic N) is 2. The zero-order chi connectivity index (χ0) is 11.7. The molecule has 0 saturated carbocycles. The Morgan fingerprint density at radius 3 is 2.81 bits per heavy atom. The molecule has 0 amide bonds. The van der Waals surface area contributed by atoms with E-state index in [1.165, 1.54) is 0 Å². The van der Waals surface area contributed by atoms with Crippen molar-refractivity contribution in [2.24, 2.45) is 5.73 Å². The van der Waals surface area contributed by atoms with Gasteiger partial charge in [-0.3, -0.25) is 0 Å². The Balaban J connectivity index is 2.58. The summed E-state index contributed by atoms with van der Waals surface area (Å²) in [6.45, 7) is 1.89. The fourth-order valence-electron chi connectivity index (χ4n) is 1.51. The lowest BCUT2D eigenvalue weighted by atomic mass is 10.2. The summed E-state index contributed by atoms with van der Waals surface area (Å²) >= 11 is 12.1. The minimum absolute atomic E-state index is 0.113. The molecule has 0 bridgehead atoms. The van der Waals surface area contributed by atoms with Crippen LogP contribution in [0.2, 0.25) is 10.0 Å². The monoisotopic (exact) mass is 255 g/mol. The summed E-state index contributed by atoms with van der Waals surface area (Å²) in [4.78, 5) is 4.07. The smallest absolute Gasteiger partial charge is 0.0995 e. The van der Waals surface area contributed by atoms with E-state index in [4.69, 9.17) is 28.9 Å². The van der Waals surface area contributed by atoms with E-state index in [9.17, 15) is 0 Å². The van der Waals surface area contributed by atoms with Gasteiger partial charge >= 0.3 is 0 Å². The number of nitrogens with two attached hydrogens (primary N) is 1. The minimum Gasteiger partial charge on any atom is -0.323 e. The van der Waals surface area contributed by atoms with Gasteiger partial charge in [0.05, 0.1) is 28.9 Å². The van der Waals surface area contributed by atoms with Crippen molar-refractivity contribution in [2.75, 3.05) is 0 Å². The number of rotatable bonds is 2. The van der Waals surface area contributed by atoms with Crippen molar-refractivity contribution in [1.82, 2.24) is 9.55 Å². The Bertz CT molecular complexity index is 506. The van der Waals surface area contributed by atoms with Crippen molar-refractivity contribution in [1.29, 1.82) is 0 Å². The number of aromatic nitrogens is 2. The largest absolute Gasteiger partial charge is 0.323 e. The molecule has 0 aliphatic heterocycles. The minimum atomic E-state index is -0.113. The van der Waals surface area contributed by atoms with E-state index in [1.807, 2.05) is 11.5 Å². The summed E-state index contributed by atoms with van der Waals surface area (Å²) in [6.07, 6.45) is 3.40. The fraction of sp³-hybridized carbons (Fsp3) is 0.182. The molecule has 0 saturated heterocycles. The molecule has 0 aliphatic rings. The van der Waals surface area contributed by atoms with Gasteiger partial charge in [0.25, 0.3) is 0 Å². The van der Waals surface area contributed by atoms with Crippen molar-refractivity contribution < 1.29 is 0 Å². The van der Waals surface area contributed by atoms with E-state index >= 15 is 0 Å². The Hall–Kier alpha value is -1.03. The van der Waals surface area contributed by atoms with Crippen LogP contribution in [0.3, 0.4) is 0 Å². The fourth-order valence-corrected chi connectivity index (χ4v) is 1.89. The van der Waals surface area contributed by atoms with Crippen molar-refractivity contribution in [3.8, 4) is 5.69 Å². The van der Waals surface area contributed by atoms with Gasteiger partial charge in [0.2, 0.25) is 0 Å². The number of imidazole rings is 1. The predicted molar refractivity (Wildman–Crippen MR) is 66.2 cm³/mol. The topological polar surface area (TPSA) is 43.8 Å². The molecule has 1 atom stereocenters. The first kappa shape index (κ1) is 11.5. The molecule has 2 N–H and O–H groups in total. The van der Waals surface area contributed by atoms with E-state index in [-0.39, 0.29) is 6.04 Å². The quantitative estimate of drug-likeness (QED) is 0.896. The Labute approximate surface area is 104 Å². The maximum Gasteiger partial charge on any atom is 0.0995 e. The van der Waals surface area contributed by atoms with Gasteiger partial charge in [0.1, 0.15) is 0 Å². The van der Waals surface area contributed by atoms with E-state index in [0.717, 1.165) is 11.4 Å². The number of halogens is 2. The molecular weight excluding hydrogens is 245 g/mol. The molecule has 1 aromatic heterocycles. The average Bonchev–Trinajstić information content (AvgIpc) is 2.70. The summed E-state index contributed by atoms with van der Waals surface area (Å²) in [6, 6.07) is 5.18. The molecule has 0 fully saturated rings. The summed E-state index contributed by atoms with van der Waals surface area (Å²) in [5.74, 6) is 0. The molecule has 16 heavy (non-hydrogen) atoms. The molecule has 0 radical (unpaired) electrons. The molecule has 2 aromatic rings. The zero-order valence-electron chi connectivity index (χ0n) is 8.69. The van der Waals surface area contributed by atoms with E-state index < -0.39 is 0 Å². The molecule has 84 valence electrons. The van der Waals surface area contributed by atoms with Crippen molar-refractivity contribution in [2.45, 2.75) is 13.0 Å². The molecule has 1 heterocycles.